The summed E-state index contributed by atoms with van der Waals surface area (Å²) in [4.78, 5) is 0. The Bertz CT molecular complexity index is 492. The van der Waals surface area contributed by atoms with Gasteiger partial charge in [0.1, 0.15) is 5.52 Å². The van der Waals surface area contributed by atoms with Crippen molar-refractivity contribution < 1.29 is 9.13 Å². The third kappa shape index (κ3) is 0.974. The summed E-state index contributed by atoms with van der Waals surface area (Å²) in [5, 5.41) is 5.08. The van der Waals surface area contributed by atoms with Gasteiger partial charge in [0.15, 0.2) is 5.82 Å². The Hall–Kier alpha value is -1.42. The minimum absolute atomic E-state index is 0.260. The molecule has 1 aliphatic rings. The van der Waals surface area contributed by atoms with Crippen molar-refractivity contribution in [3.63, 3.8) is 0 Å². The predicted octanol–water partition coefficient (Wildman–Crippen LogP) is 1.71. The Morgan fingerprint density at radius 3 is 3.29 bits per heavy atom. The highest BCUT2D eigenvalue weighted by atomic mass is 19.1. The Balaban J connectivity index is 2.36. The van der Waals surface area contributed by atoms with Crippen molar-refractivity contribution in [2.75, 3.05) is 6.61 Å². The van der Waals surface area contributed by atoms with E-state index >= 15 is 0 Å². The molecule has 0 fully saturated rings. The van der Waals surface area contributed by atoms with E-state index in [9.17, 15) is 4.39 Å². The lowest BCUT2D eigenvalue weighted by atomic mass is 10.2. The van der Waals surface area contributed by atoms with Crippen LogP contribution in [0.1, 0.15) is 5.69 Å². The first-order chi connectivity index (χ1) is 6.86. The van der Waals surface area contributed by atoms with Gasteiger partial charge in [-0.1, -0.05) is 12.1 Å². The van der Waals surface area contributed by atoms with Gasteiger partial charge < -0.3 is 4.74 Å². The molecule has 1 aromatic carbocycles. The summed E-state index contributed by atoms with van der Waals surface area (Å²) in [6.07, 6.45) is 0. The van der Waals surface area contributed by atoms with E-state index in [0.29, 0.717) is 25.3 Å². The molecule has 14 heavy (non-hydrogen) atoms. The zero-order valence-electron chi connectivity index (χ0n) is 7.53. The van der Waals surface area contributed by atoms with Crippen LogP contribution in [0.3, 0.4) is 0 Å². The molecule has 0 unspecified atom stereocenters. The first-order valence-corrected chi connectivity index (χ1v) is 4.58. The molecule has 0 atom stereocenters. The maximum absolute atomic E-state index is 13.4. The highest BCUT2D eigenvalue weighted by molar-refractivity contribution is 5.82. The van der Waals surface area contributed by atoms with Crippen molar-refractivity contribution in [2.45, 2.75) is 13.2 Å². The molecule has 1 aromatic heterocycles. The van der Waals surface area contributed by atoms with Crippen molar-refractivity contribution >= 4 is 10.9 Å². The van der Waals surface area contributed by atoms with E-state index < -0.39 is 0 Å². The molecular weight excluding hydrogens is 183 g/mol. The molecular formula is C10H9FN2O. The number of benzene rings is 1. The SMILES string of the molecule is Fc1cccc2c3n(nc12)CCOC3. The molecule has 0 bridgehead atoms. The van der Waals surface area contributed by atoms with Crippen LogP contribution in [0, 0.1) is 5.82 Å². The summed E-state index contributed by atoms with van der Waals surface area (Å²) in [5.74, 6) is -0.260. The average Bonchev–Trinajstić information content (AvgIpc) is 2.59. The highest BCUT2D eigenvalue weighted by Gasteiger charge is 2.16. The van der Waals surface area contributed by atoms with Crippen LogP contribution in [-0.2, 0) is 17.9 Å². The highest BCUT2D eigenvalue weighted by Crippen LogP contribution is 2.23. The van der Waals surface area contributed by atoms with Gasteiger partial charge in [-0.2, -0.15) is 5.10 Å². The number of rotatable bonds is 0. The van der Waals surface area contributed by atoms with Gasteiger partial charge >= 0.3 is 0 Å². The van der Waals surface area contributed by atoms with Crippen LogP contribution in [0.4, 0.5) is 4.39 Å². The number of aromatic nitrogens is 2. The summed E-state index contributed by atoms with van der Waals surface area (Å²) in [7, 11) is 0. The lowest BCUT2D eigenvalue weighted by Gasteiger charge is -2.13. The molecule has 0 N–H and O–H groups in total. The summed E-state index contributed by atoms with van der Waals surface area (Å²) < 4.78 is 20.5. The normalized spacial score (nSPS) is 15.8. The lowest BCUT2D eigenvalue weighted by molar-refractivity contribution is 0.0811. The first-order valence-electron chi connectivity index (χ1n) is 4.58. The third-order valence-corrected chi connectivity index (χ3v) is 2.52. The standard InChI is InChI=1S/C10H9FN2O/c11-8-3-1-2-7-9-6-14-5-4-13(9)12-10(7)8/h1-3H,4-6H2. The molecule has 0 saturated carbocycles. The maximum Gasteiger partial charge on any atom is 0.151 e. The minimum atomic E-state index is -0.260. The zero-order valence-corrected chi connectivity index (χ0v) is 7.53. The fourth-order valence-electron chi connectivity index (χ4n) is 1.83. The molecule has 0 aliphatic carbocycles. The number of halogens is 1. The number of nitrogens with zero attached hydrogens (tertiary/aromatic N) is 2. The number of hydrogen-bond acceptors (Lipinski definition) is 2. The van der Waals surface area contributed by atoms with E-state index in [1.807, 2.05) is 10.7 Å². The van der Waals surface area contributed by atoms with Gasteiger partial charge in [0.2, 0.25) is 0 Å². The summed E-state index contributed by atoms with van der Waals surface area (Å²) in [5.41, 5.74) is 1.43. The quantitative estimate of drug-likeness (QED) is 0.635. The second-order valence-electron chi connectivity index (χ2n) is 3.36. The Kier molecular flexibility index (Phi) is 1.58. The van der Waals surface area contributed by atoms with Crippen molar-refractivity contribution in [3.05, 3.63) is 29.7 Å². The van der Waals surface area contributed by atoms with E-state index in [1.54, 1.807) is 6.07 Å². The van der Waals surface area contributed by atoms with Crippen molar-refractivity contribution in [2.24, 2.45) is 0 Å². The van der Waals surface area contributed by atoms with Crippen LogP contribution in [0.15, 0.2) is 18.2 Å². The Labute approximate surface area is 80.1 Å². The van der Waals surface area contributed by atoms with Crippen molar-refractivity contribution in [3.8, 4) is 0 Å². The molecule has 3 nitrogen and oxygen atoms in total. The van der Waals surface area contributed by atoms with E-state index in [1.165, 1.54) is 6.07 Å². The number of ether oxygens (including phenoxy) is 1. The van der Waals surface area contributed by atoms with Gasteiger partial charge in [-0.15, -0.1) is 0 Å². The van der Waals surface area contributed by atoms with Crippen LogP contribution in [-0.4, -0.2) is 16.4 Å². The van der Waals surface area contributed by atoms with Gasteiger partial charge in [-0.05, 0) is 6.07 Å². The Morgan fingerprint density at radius 2 is 2.36 bits per heavy atom. The summed E-state index contributed by atoms with van der Waals surface area (Å²) in [6, 6.07) is 5.02. The van der Waals surface area contributed by atoms with E-state index in [4.69, 9.17) is 4.74 Å². The van der Waals surface area contributed by atoms with Crippen LogP contribution in [0.5, 0.6) is 0 Å². The summed E-state index contributed by atoms with van der Waals surface area (Å²) >= 11 is 0. The maximum atomic E-state index is 13.4. The zero-order chi connectivity index (χ0) is 9.54. The second kappa shape index (κ2) is 2.78. The molecule has 0 spiro atoms. The van der Waals surface area contributed by atoms with Gasteiger partial charge in [0.25, 0.3) is 0 Å². The van der Waals surface area contributed by atoms with E-state index in [-0.39, 0.29) is 5.82 Å². The van der Waals surface area contributed by atoms with Gasteiger partial charge in [0, 0.05) is 5.39 Å². The van der Waals surface area contributed by atoms with Gasteiger partial charge in [-0.3, -0.25) is 4.68 Å². The predicted molar refractivity (Wildman–Crippen MR) is 49.3 cm³/mol. The van der Waals surface area contributed by atoms with Gasteiger partial charge in [0.05, 0.1) is 25.5 Å². The fourth-order valence-corrected chi connectivity index (χ4v) is 1.83. The Morgan fingerprint density at radius 1 is 1.43 bits per heavy atom. The fraction of sp³-hybridized carbons (Fsp3) is 0.300. The minimum Gasteiger partial charge on any atom is -0.373 e. The van der Waals surface area contributed by atoms with Crippen LogP contribution < -0.4 is 0 Å². The molecule has 3 rings (SSSR count). The first kappa shape index (κ1) is 7.94. The molecule has 0 amide bonds. The van der Waals surface area contributed by atoms with Gasteiger partial charge in [-0.25, -0.2) is 4.39 Å². The molecule has 4 heteroatoms. The molecule has 0 radical (unpaired) electrons. The van der Waals surface area contributed by atoms with Crippen LogP contribution in [0.2, 0.25) is 0 Å². The van der Waals surface area contributed by atoms with Crippen molar-refractivity contribution in [1.82, 2.24) is 9.78 Å². The number of hydrogen-bond donors (Lipinski definition) is 0. The van der Waals surface area contributed by atoms with E-state index in [2.05, 4.69) is 5.10 Å². The lowest BCUT2D eigenvalue weighted by Crippen LogP contribution is -2.16. The number of fused-ring (bicyclic) bond motifs is 3. The van der Waals surface area contributed by atoms with Crippen LogP contribution in [0.25, 0.3) is 10.9 Å². The van der Waals surface area contributed by atoms with Crippen LogP contribution >= 0.6 is 0 Å². The van der Waals surface area contributed by atoms with Crippen molar-refractivity contribution in [1.29, 1.82) is 0 Å². The second-order valence-corrected chi connectivity index (χ2v) is 3.36. The molecule has 2 aromatic rings. The molecule has 72 valence electrons. The van der Waals surface area contributed by atoms with E-state index in [0.717, 1.165) is 11.1 Å². The third-order valence-electron chi connectivity index (χ3n) is 2.52. The largest absolute Gasteiger partial charge is 0.373 e. The molecule has 2 heterocycles. The molecule has 1 aliphatic heterocycles. The summed E-state index contributed by atoms with van der Waals surface area (Å²) in [6.45, 7) is 1.89. The topological polar surface area (TPSA) is 27.1 Å². The molecule has 0 saturated heterocycles. The average molecular weight is 192 g/mol. The monoisotopic (exact) mass is 192 g/mol. The smallest absolute Gasteiger partial charge is 0.151 e.